The number of hydrogen-bond donors (Lipinski definition) is 1. The molecule has 20 heavy (non-hydrogen) atoms. The third kappa shape index (κ3) is 3.82. The van der Waals surface area contributed by atoms with Crippen molar-refractivity contribution in [3.8, 4) is 0 Å². The summed E-state index contributed by atoms with van der Waals surface area (Å²) in [6, 6.07) is 9.27. The quantitative estimate of drug-likeness (QED) is 0.644. The van der Waals surface area contributed by atoms with Gasteiger partial charge in [-0.15, -0.1) is 5.10 Å². The van der Waals surface area contributed by atoms with Crippen molar-refractivity contribution in [3.63, 3.8) is 0 Å². The summed E-state index contributed by atoms with van der Waals surface area (Å²) in [6.07, 6.45) is -0.640. The van der Waals surface area contributed by atoms with Gasteiger partial charge in [-0.25, -0.2) is 4.79 Å². The van der Waals surface area contributed by atoms with Crippen LogP contribution in [0.3, 0.4) is 0 Å². The summed E-state index contributed by atoms with van der Waals surface area (Å²) in [4.78, 5) is 11.3. The van der Waals surface area contributed by atoms with Crippen LogP contribution in [0.2, 0.25) is 0 Å². The molecule has 106 valence electrons. The molecule has 6 nitrogen and oxygen atoms in total. The smallest absolute Gasteiger partial charge is 0.396 e. The number of ether oxygens (including phenoxy) is 1. The van der Waals surface area contributed by atoms with Gasteiger partial charge in [0.05, 0.1) is 12.7 Å². The Hall–Kier alpha value is -1.86. The van der Waals surface area contributed by atoms with E-state index in [1.165, 1.54) is 11.8 Å². The van der Waals surface area contributed by atoms with E-state index in [4.69, 9.17) is 9.15 Å². The molecule has 1 aromatic heterocycles. The zero-order chi connectivity index (χ0) is 14.4. The number of carbonyl (C=O) groups excluding carboxylic acids is 1. The Morgan fingerprint density at radius 3 is 2.85 bits per heavy atom. The first kappa shape index (κ1) is 14.5. The Bertz CT molecular complexity index is 559. The molecule has 0 saturated heterocycles. The van der Waals surface area contributed by atoms with Gasteiger partial charge in [0.15, 0.2) is 0 Å². The van der Waals surface area contributed by atoms with E-state index < -0.39 is 12.1 Å². The van der Waals surface area contributed by atoms with Crippen LogP contribution in [0.5, 0.6) is 0 Å². The Kier molecular flexibility index (Phi) is 5.14. The average Bonchev–Trinajstić information content (AvgIpc) is 2.95. The lowest BCUT2D eigenvalue weighted by molar-refractivity contribution is 0.0475. The van der Waals surface area contributed by atoms with Gasteiger partial charge in [-0.2, -0.15) is 0 Å². The summed E-state index contributed by atoms with van der Waals surface area (Å²) in [5.41, 5.74) is 0.810. The molecule has 0 spiro atoms. The van der Waals surface area contributed by atoms with E-state index in [1.54, 1.807) is 6.92 Å². The van der Waals surface area contributed by atoms with Crippen LogP contribution in [0.25, 0.3) is 0 Å². The summed E-state index contributed by atoms with van der Waals surface area (Å²) < 4.78 is 9.88. The van der Waals surface area contributed by atoms with Gasteiger partial charge in [0.25, 0.3) is 5.22 Å². The molecule has 0 aliphatic carbocycles. The van der Waals surface area contributed by atoms with Crippen LogP contribution >= 0.6 is 11.8 Å². The van der Waals surface area contributed by atoms with Crippen LogP contribution in [-0.4, -0.2) is 33.6 Å². The van der Waals surface area contributed by atoms with Crippen molar-refractivity contribution in [1.82, 2.24) is 10.2 Å². The number of thioether (sulfide) groups is 1. The maximum Gasteiger partial charge on any atom is 0.396 e. The molecule has 2 aromatic rings. The van der Waals surface area contributed by atoms with Gasteiger partial charge in [-0.3, -0.25) is 0 Å². The highest BCUT2D eigenvalue weighted by Gasteiger charge is 2.17. The Labute approximate surface area is 120 Å². The van der Waals surface area contributed by atoms with Gasteiger partial charge in [-0.1, -0.05) is 47.2 Å². The average molecular weight is 294 g/mol. The van der Waals surface area contributed by atoms with Gasteiger partial charge in [0.1, 0.15) is 0 Å². The zero-order valence-electron chi connectivity index (χ0n) is 10.9. The number of carbonyl (C=O) groups is 1. The van der Waals surface area contributed by atoms with Crippen LogP contribution in [-0.2, 0) is 4.74 Å². The summed E-state index contributed by atoms with van der Waals surface area (Å²) in [7, 11) is 0. The molecule has 0 fully saturated rings. The molecule has 1 heterocycles. The number of aliphatic hydroxyl groups is 1. The second-order valence-corrected chi connectivity index (χ2v) is 4.80. The fraction of sp³-hybridized carbons (Fsp3) is 0.308. The zero-order valence-corrected chi connectivity index (χ0v) is 11.7. The first-order valence-corrected chi connectivity index (χ1v) is 7.05. The number of aromatic nitrogens is 2. The van der Waals surface area contributed by atoms with Crippen molar-refractivity contribution in [2.75, 3.05) is 12.4 Å². The molecule has 1 unspecified atom stereocenters. The predicted molar refractivity (Wildman–Crippen MR) is 72.4 cm³/mol. The lowest BCUT2D eigenvalue weighted by Gasteiger charge is -2.08. The number of aliphatic hydroxyl groups excluding tert-OH is 1. The molecular formula is C13H14N2O4S. The van der Waals surface area contributed by atoms with Crippen LogP contribution in [0.1, 0.15) is 29.3 Å². The normalized spacial score (nSPS) is 12.1. The van der Waals surface area contributed by atoms with Crippen molar-refractivity contribution in [2.45, 2.75) is 18.3 Å². The number of hydrogen-bond acceptors (Lipinski definition) is 7. The maximum atomic E-state index is 11.3. The molecule has 0 amide bonds. The first-order chi connectivity index (χ1) is 9.70. The van der Waals surface area contributed by atoms with Gasteiger partial charge in [0, 0.05) is 5.75 Å². The predicted octanol–water partition coefficient (Wildman–Crippen LogP) is 2.07. The minimum absolute atomic E-state index is 0.177. The van der Waals surface area contributed by atoms with Gasteiger partial charge >= 0.3 is 11.9 Å². The summed E-state index contributed by atoms with van der Waals surface area (Å²) >= 11 is 1.18. The Balaban J connectivity index is 1.90. The minimum atomic E-state index is -0.643. The van der Waals surface area contributed by atoms with E-state index in [2.05, 4.69) is 10.2 Å². The molecule has 0 saturated carbocycles. The van der Waals surface area contributed by atoms with Gasteiger partial charge < -0.3 is 14.3 Å². The Morgan fingerprint density at radius 1 is 1.40 bits per heavy atom. The van der Waals surface area contributed by atoms with E-state index in [0.717, 1.165) is 5.56 Å². The van der Waals surface area contributed by atoms with Crippen molar-refractivity contribution in [2.24, 2.45) is 0 Å². The van der Waals surface area contributed by atoms with E-state index >= 15 is 0 Å². The van der Waals surface area contributed by atoms with E-state index in [0.29, 0.717) is 5.75 Å². The third-order valence-electron chi connectivity index (χ3n) is 2.41. The van der Waals surface area contributed by atoms with Gasteiger partial charge in [-0.05, 0) is 12.5 Å². The fourth-order valence-electron chi connectivity index (χ4n) is 1.47. The molecule has 7 heteroatoms. The van der Waals surface area contributed by atoms with Crippen molar-refractivity contribution < 1.29 is 19.1 Å². The summed E-state index contributed by atoms with van der Waals surface area (Å²) in [5, 5.41) is 17.5. The minimum Gasteiger partial charge on any atom is -0.459 e. The second-order valence-electron chi connectivity index (χ2n) is 3.83. The topological polar surface area (TPSA) is 85.5 Å². The van der Waals surface area contributed by atoms with Crippen LogP contribution < -0.4 is 0 Å². The largest absolute Gasteiger partial charge is 0.459 e. The standard InChI is InChI=1S/C13H14N2O4S/c1-2-18-12(17)11-14-15-13(19-11)20-8-10(16)9-6-4-3-5-7-9/h3-7,10,16H,2,8H2,1H3. The number of benzene rings is 1. The molecule has 0 radical (unpaired) electrons. The van der Waals surface area contributed by atoms with E-state index in [-0.39, 0.29) is 17.7 Å². The number of esters is 1. The molecule has 1 atom stereocenters. The molecule has 0 aliphatic rings. The summed E-state index contributed by atoms with van der Waals surface area (Å²) in [6.45, 7) is 1.94. The van der Waals surface area contributed by atoms with Crippen LogP contribution in [0.4, 0.5) is 0 Å². The molecule has 1 aromatic carbocycles. The molecule has 1 N–H and O–H groups in total. The SMILES string of the molecule is CCOC(=O)c1nnc(SCC(O)c2ccccc2)o1. The fourth-order valence-corrected chi connectivity index (χ4v) is 2.19. The third-order valence-corrected chi connectivity index (χ3v) is 3.30. The van der Waals surface area contributed by atoms with Crippen molar-refractivity contribution in [3.05, 3.63) is 41.8 Å². The summed E-state index contributed by atoms with van der Waals surface area (Å²) in [5.74, 6) is -0.465. The van der Waals surface area contributed by atoms with Gasteiger partial charge in [0.2, 0.25) is 0 Å². The lowest BCUT2D eigenvalue weighted by Crippen LogP contribution is -2.04. The maximum absolute atomic E-state index is 11.3. The Morgan fingerprint density at radius 2 is 2.15 bits per heavy atom. The molecular weight excluding hydrogens is 280 g/mol. The van der Waals surface area contributed by atoms with Crippen LogP contribution in [0, 0.1) is 0 Å². The highest BCUT2D eigenvalue weighted by Crippen LogP contribution is 2.23. The number of nitrogens with zero attached hydrogens (tertiary/aromatic N) is 2. The monoisotopic (exact) mass is 294 g/mol. The van der Waals surface area contributed by atoms with Crippen molar-refractivity contribution >= 4 is 17.7 Å². The van der Waals surface area contributed by atoms with E-state index in [1.807, 2.05) is 30.3 Å². The first-order valence-electron chi connectivity index (χ1n) is 6.07. The molecule has 2 rings (SSSR count). The van der Waals surface area contributed by atoms with E-state index in [9.17, 15) is 9.90 Å². The second kappa shape index (κ2) is 7.06. The molecule has 0 aliphatic heterocycles. The van der Waals surface area contributed by atoms with Crippen LogP contribution in [0.15, 0.2) is 40.0 Å². The molecule has 0 bridgehead atoms. The lowest BCUT2D eigenvalue weighted by atomic mass is 10.1. The number of rotatable bonds is 6. The highest BCUT2D eigenvalue weighted by molar-refractivity contribution is 7.99. The van der Waals surface area contributed by atoms with Crippen molar-refractivity contribution in [1.29, 1.82) is 0 Å². The highest BCUT2D eigenvalue weighted by atomic mass is 32.2.